The normalized spacial score (nSPS) is 19.9. The number of piperidine rings is 1. The summed E-state index contributed by atoms with van der Waals surface area (Å²) in [6, 6.07) is 8.30. The van der Waals surface area contributed by atoms with Gasteiger partial charge in [0.25, 0.3) is 0 Å². The molecule has 0 saturated carbocycles. The zero-order valence-corrected chi connectivity index (χ0v) is 12.6. The van der Waals surface area contributed by atoms with Crippen LogP contribution in [0.1, 0.15) is 29.9 Å². The number of nitrogens with zero attached hydrogens (tertiary/aromatic N) is 1. The maximum Gasteiger partial charge on any atom is 0.405 e. The van der Waals surface area contributed by atoms with E-state index in [9.17, 15) is 18.0 Å². The van der Waals surface area contributed by atoms with E-state index < -0.39 is 18.6 Å². The third kappa shape index (κ3) is 5.33. The summed E-state index contributed by atoms with van der Waals surface area (Å²) in [4.78, 5) is 13.5. The van der Waals surface area contributed by atoms with Crippen LogP contribution in [0.4, 0.5) is 13.2 Å². The molecule has 1 amide bonds. The number of amides is 1. The Morgan fingerprint density at radius 3 is 2.64 bits per heavy atom. The molecular weight excluding hydrogens is 293 g/mol. The van der Waals surface area contributed by atoms with Crippen molar-refractivity contribution in [2.24, 2.45) is 0 Å². The minimum atomic E-state index is -4.36. The second kappa shape index (κ2) is 7.13. The molecule has 1 aliphatic heterocycles. The van der Waals surface area contributed by atoms with E-state index in [-0.39, 0.29) is 6.54 Å². The Morgan fingerprint density at radius 2 is 2.00 bits per heavy atom. The molecule has 1 heterocycles. The van der Waals surface area contributed by atoms with Gasteiger partial charge in [-0.1, -0.05) is 29.8 Å². The molecule has 1 fully saturated rings. The first kappa shape index (κ1) is 16.8. The van der Waals surface area contributed by atoms with Gasteiger partial charge in [-0.15, -0.1) is 0 Å². The lowest BCUT2D eigenvalue weighted by Crippen LogP contribution is -2.44. The second-order valence-corrected chi connectivity index (χ2v) is 5.88. The van der Waals surface area contributed by atoms with Crippen LogP contribution in [0.15, 0.2) is 24.3 Å². The molecule has 1 aromatic rings. The number of alkyl halides is 3. The van der Waals surface area contributed by atoms with Gasteiger partial charge in [0.2, 0.25) is 5.91 Å². The number of carbonyl (C=O) groups excluding carboxylic acids is 1. The fraction of sp³-hybridized carbons (Fsp3) is 0.562. The van der Waals surface area contributed by atoms with Crippen molar-refractivity contribution < 1.29 is 18.0 Å². The highest BCUT2D eigenvalue weighted by Gasteiger charge is 2.28. The number of hydrogen-bond donors (Lipinski definition) is 1. The van der Waals surface area contributed by atoms with E-state index in [1.807, 2.05) is 17.1 Å². The van der Waals surface area contributed by atoms with Gasteiger partial charge in [0.1, 0.15) is 6.54 Å². The standard InChI is InChI=1S/C16H21F3N2O/c1-12-4-6-13(7-5-12)14-3-2-8-21(9-14)10-15(22)20-11-16(17,18)19/h4-7,14H,2-3,8-11H2,1H3,(H,20,22). The van der Waals surface area contributed by atoms with Crippen molar-refractivity contribution in [3.63, 3.8) is 0 Å². The van der Waals surface area contributed by atoms with Crippen molar-refractivity contribution >= 4 is 5.91 Å². The fourth-order valence-corrected chi connectivity index (χ4v) is 2.77. The summed E-state index contributed by atoms with van der Waals surface area (Å²) in [5.74, 6) is -0.230. The molecule has 2 rings (SSSR count). The smallest absolute Gasteiger partial charge is 0.346 e. The summed E-state index contributed by atoms with van der Waals surface area (Å²) in [6.45, 7) is 2.26. The zero-order valence-electron chi connectivity index (χ0n) is 12.6. The Balaban J connectivity index is 1.85. The van der Waals surface area contributed by atoms with Crippen LogP contribution >= 0.6 is 0 Å². The highest BCUT2D eigenvalue weighted by atomic mass is 19.4. The molecule has 1 N–H and O–H groups in total. The van der Waals surface area contributed by atoms with Gasteiger partial charge in [0, 0.05) is 6.54 Å². The third-order valence-electron chi connectivity index (χ3n) is 3.91. The van der Waals surface area contributed by atoms with E-state index in [2.05, 4.69) is 24.3 Å². The molecule has 1 atom stereocenters. The Kier molecular flexibility index (Phi) is 5.45. The monoisotopic (exact) mass is 314 g/mol. The molecule has 122 valence electrons. The Bertz CT molecular complexity index is 499. The van der Waals surface area contributed by atoms with E-state index in [1.54, 1.807) is 0 Å². The molecule has 0 spiro atoms. The molecule has 1 saturated heterocycles. The molecule has 1 aromatic carbocycles. The summed E-state index contributed by atoms with van der Waals surface area (Å²) in [6.07, 6.45) is -2.36. The second-order valence-electron chi connectivity index (χ2n) is 5.88. The lowest BCUT2D eigenvalue weighted by molar-refractivity contribution is -0.139. The van der Waals surface area contributed by atoms with Gasteiger partial charge in [-0.3, -0.25) is 9.69 Å². The summed E-state index contributed by atoms with van der Waals surface area (Å²) in [7, 11) is 0. The Hall–Kier alpha value is -1.56. The number of halogens is 3. The molecular formula is C16H21F3N2O. The van der Waals surface area contributed by atoms with Crippen molar-refractivity contribution in [3.05, 3.63) is 35.4 Å². The minimum Gasteiger partial charge on any atom is -0.346 e. The number of rotatable bonds is 4. The van der Waals surface area contributed by atoms with Crippen LogP contribution in [0, 0.1) is 6.92 Å². The van der Waals surface area contributed by atoms with Crippen molar-refractivity contribution in [2.75, 3.05) is 26.2 Å². The fourth-order valence-electron chi connectivity index (χ4n) is 2.77. The first-order valence-corrected chi connectivity index (χ1v) is 7.46. The van der Waals surface area contributed by atoms with Crippen LogP contribution in [-0.4, -0.2) is 43.2 Å². The van der Waals surface area contributed by atoms with Crippen LogP contribution in [0.2, 0.25) is 0 Å². The summed E-state index contributed by atoms with van der Waals surface area (Å²) in [5, 5.41) is 1.93. The number of carbonyl (C=O) groups is 1. The molecule has 22 heavy (non-hydrogen) atoms. The van der Waals surface area contributed by atoms with Crippen molar-refractivity contribution in [1.82, 2.24) is 10.2 Å². The SMILES string of the molecule is Cc1ccc(C2CCCN(CC(=O)NCC(F)(F)F)C2)cc1. The number of likely N-dealkylation sites (tertiary alicyclic amines) is 1. The predicted octanol–water partition coefficient (Wildman–Crippen LogP) is 2.85. The average molecular weight is 314 g/mol. The van der Waals surface area contributed by atoms with Crippen LogP contribution in [0.3, 0.4) is 0 Å². The quantitative estimate of drug-likeness (QED) is 0.927. The van der Waals surface area contributed by atoms with Gasteiger partial charge in [-0.2, -0.15) is 13.2 Å². The first-order valence-electron chi connectivity index (χ1n) is 7.46. The molecule has 1 aliphatic rings. The maximum atomic E-state index is 12.1. The van der Waals surface area contributed by atoms with E-state index in [4.69, 9.17) is 0 Å². The van der Waals surface area contributed by atoms with Crippen LogP contribution < -0.4 is 5.32 Å². The summed E-state index contributed by atoms with van der Waals surface area (Å²) < 4.78 is 36.2. The number of aryl methyl sites for hydroxylation is 1. The highest BCUT2D eigenvalue weighted by molar-refractivity contribution is 5.78. The van der Waals surface area contributed by atoms with Gasteiger partial charge < -0.3 is 5.32 Å². The molecule has 6 heteroatoms. The lowest BCUT2D eigenvalue weighted by Gasteiger charge is -2.32. The van der Waals surface area contributed by atoms with E-state index in [0.29, 0.717) is 12.5 Å². The van der Waals surface area contributed by atoms with Crippen LogP contribution in [0.25, 0.3) is 0 Å². The zero-order chi connectivity index (χ0) is 16.2. The topological polar surface area (TPSA) is 32.3 Å². The molecule has 1 unspecified atom stereocenters. The summed E-state index contributed by atoms with van der Waals surface area (Å²) >= 11 is 0. The van der Waals surface area contributed by atoms with Crippen molar-refractivity contribution in [2.45, 2.75) is 31.9 Å². The number of hydrogen-bond acceptors (Lipinski definition) is 2. The first-order chi connectivity index (χ1) is 10.3. The van der Waals surface area contributed by atoms with Gasteiger partial charge in [0.15, 0.2) is 0 Å². The molecule has 0 aromatic heterocycles. The van der Waals surface area contributed by atoms with Gasteiger partial charge in [0.05, 0.1) is 6.54 Å². The average Bonchev–Trinajstić information content (AvgIpc) is 2.45. The van der Waals surface area contributed by atoms with Crippen LogP contribution in [-0.2, 0) is 4.79 Å². The third-order valence-corrected chi connectivity index (χ3v) is 3.91. The van der Waals surface area contributed by atoms with Crippen LogP contribution in [0.5, 0.6) is 0 Å². The Morgan fingerprint density at radius 1 is 1.32 bits per heavy atom. The largest absolute Gasteiger partial charge is 0.405 e. The molecule has 3 nitrogen and oxygen atoms in total. The molecule has 0 bridgehead atoms. The lowest BCUT2D eigenvalue weighted by atomic mass is 9.90. The number of benzene rings is 1. The summed E-state index contributed by atoms with van der Waals surface area (Å²) in [5.41, 5.74) is 2.42. The predicted molar refractivity (Wildman–Crippen MR) is 78.7 cm³/mol. The number of nitrogens with one attached hydrogen (secondary N) is 1. The van der Waals surface area contributed by atoms with Crippen molar-refractivity contribution in [1.29, 1.82) is 0 Å². The van der Waals surface area contributed by atoms with Gasteiger partial charge in [-0.05, 0) is 37.8 Å². The Labute approximate surface area is 128 Å². The minimum absolute atomic E-state index is 0.0262. The highest BCUT2D eigenvalue weighted by Crippen LogP contribution is 2.26. The van der Waals surface area contributed by atoms with Gasteiger partial charge >= 0.3 is 6.18 Å². The van der Waals surface area contributed by atoms with Gasteiger partial charge in [-0.25, -0.2) is 0 Å². The molecule has 0 radical (unpaired) electrons. The molecule has 0 aliphatic carbocycles. The van der Waals surface area contributed by atoms with Crippen molar-refractivity contribution in [3.8, 4) is 0 Å². The maximum absolute atomic E-state index is 12.1. The van der Waals surface area contributed by atoms with E-state index in [0.717, 1.165) is 19.4 Å². The van der Waals surface area contributed by atoms with E-state index >= 15 is 0 Å². The van der Waals surface area contributed by atoms with E-state index in [1.165, 1.54) is 11.1 Å².